The van der Waals surface area contributed by atoms with Gasteiger partial charge in [0.15, 0.2) is 0 Å². The van der Waals surface area contributed by atoms with Gasteiger partial charge in [-0.1, -0.05) is 18.2 Å². The van der Waals surface area contributed by atoms with E-state index in [-0.39, 0.29) is 17.1 Å². The lowest BCUT2D eigenvalue weighted by Crippen LogP contribution is -2.19. The van der Waals surface area contributed by atoms with E-state index in [0.29, 0.717) is 0 Å². The number of para-hydroxylation sites is 2. The van der Waals surface area contributed by atoms with E-state index in [9.17, 15) is 22.2 Å². The lowest BCUT2D eigenvalue weighted by atomic mass is 10.3. The molecular weight excluding hydrogens is 299 g/mol. The van der Waals surface area contributed by atoms with Crippen LogP contribution < -0.4 is 10.6 Å². The van der Waals surface area contributed by atoms with Gasteiger partial charge in [-0.05, 0) is 30.3 Å². The maximum absolute atomic E-state index is 12.8. The molecule has 2 aromatic rings. The number of aromatic hydroxyl groups is 1. The molecule has 6 nitrogen and oxygen atoms in total. The van der Waals surface area contributed by atoms with E-state index in [1.54, 1.807) is 12.1 Å². The number of halogens is 1. The van der Waals surface area contributed by atoms with Gasteiger partial charge < -0.3 is 15.7 Å². The maximum Gasteiger partial charge on any atom is 0.332 e. The Morgan fingerprint density at radius 3 is 2.43 bits per heavy atom. The third-order valence-electron chi connectivity index (χ3n) is 2.53. The Morgan fingerprint density at radius 2 is 1.76 bits per heavy atom. The first-order valence-corrected chi connectivity index (χ1v) is 7.15. The van der Waals surface area contributed by atoms with Gasteiger partial charge in [0, 0.05) is 5.69 Å². The summed E-state index contributed by atoms with van der Waals surface area (Å²) in [4.78, 5) is 11.2. The van der Waals surface area contributed by atoms with Crippen LogP contribution in [0.1, 0.15) is 0 Å². The zero-order valence-corrected chi connectivity index (χ0v) is 11.4. The lowest BCUT2D eigenvalue weighted by Gasteiger charge is -2.09. The van der Waals surface area contributed by atoms with Crippen molar-refractivity contribution in [2.75, 3.05) is 10.6 Å². The SMILES string of the molecule is O=C(Nc1cccc(S(=O)(=O)F)c1)Nc1ccccc1O. The highest BCUT2D eigenvalue weighted by atomic mass is 32.3. The fraction of sp³-hybridized carbons (Fsp3) is 0. The van der Waals surface area contributed by atoms with Crippen molar-refractivity contribution in [3.05, 3.63) is 48.5 Å². The van der Waals surface area contributed by atoms with Gasteiger partial charge in [-0.15, -0.1) is 3.89 Å². The molecule has 2 amide bonds. The van der Waals surface area contributed by atoms with Crippen LogP contribution >= 0.6 is 0 Å². The molecule has 110 valence electrons. The number of hydrogen-bond donors (Lipinski definition) is 3. The van der Waals surface area contributed by atoms with Crippen LogP contribution in [0.2, 0.25) is 0 Å². The van der Waals surface area contributed by atoms with Crippen LogP contribution in [0.3, 0.4) is 0 Å². The van der Waals surface area contributed by atoms with Crippen LogP contribution in [-0.4, -0.2) is 19.6 Å². The molecule has 0 aliphatic heterocycles. The summed E-state index contributed by atoms with van der Waals surface area (Å²) in [5, 5.41) is 14.2. The van der Waals surface area contributed by atoms with E-state index in [1.807, 2.05) is 0 Å². The van der Waals surface area contributed by atoms with E-state index < -0.39 is 21.1 Å². The van der Waals surface area contributed by atoms with Gasteiger partial charge in [-0.3, -0.25) is 0 Å². The summed E-state index contributed by atoms with van der Waals surface area (Å²) in [7, 11) is -4.84. The van der Waals surface area contributed by atoms with E-state index in [4.69, 9.17) is 0 Å². The summed E-state index contributed by atoms with van der Waals surface area (Å²) in [6, 6.07) is 10.1. The van der Waals surface area contributed by atoms with E-state index >= 15 is 0 Å². The lowest BCUT2D eigenvalue weighted by molar-refractivity contribution is 0.262. The molecule has 0 heterocycles. The first-order chi connectivity index (χ1) is 9.86. The highest BCUT2D eigenvalue weighted by Crippen LogP contribution is 2.22. The fourth-order valence-electron chi connectivity index (χ4n) is 1.59. The normalized spacial score (nSPS) is 10.9. The van der Waals surface area contributed by atoms with Crippen LogP contribution in [0.25, 0.3) is 0 Å². The van der Waals surface area contributed by atoms with Crippen molar-refractivity contribution in [1.82, 2.24) is 0 Å². The molecule has 21 heavy (non-hydrogen) atoms. The van der Waals surface area contributed by atoms with Gasteiger partial charge >= 0.3 is 16.3 Å². The molecular formula is C13H11FN2O4S. The van der Waals surface area contributed by atoms with Crippen LogP contribution in [0, 0.1) is 0 Å². The molecule has 0 saturated carbocycles. The zero-order chi connectivity index (χ0) is 15.5. The molecule has 0 unspecified atom stereocenters. The third kappa shape index (κ3) is 3.93. The number of carbonyl (C=O) groups excluding carboxylic acids is 1. The van der Waals surface area contributed by atoms with Gasteiger partial charge in [0.05, 0.1) is 5.69 Å². The monoisotopic (exact) mass is 310 g/mol. The smallest absolute Gasteiger partial charge is 0.332 e. The summed E-state index contributed by atoms with van der Waals surface area (Å²) in [5.74, 6) is -0.118. The number of carbonyl (C=O) groups is 1. The molecule has 0 aliphatic carbocycles. The Hall–Kier alpha value is -2.61. The molecule has 0 atom stereocenters. The Bertz CT molecular complexity index is 777. The minimum absolute atomic E-state index is 0.0987. The molecule has 0 bridgehead atoms. The largest absolute Gasteiger partial charge is 0.506 e. The van der Waals surface area contributed by atoms with Crippen LogP contribution in [0.5, 0.6) is 5.75 Å². The standard InChI is InChI=1S/C13H11FN2O4S/c14-21(19,20)10-5-3-4-9(8-10)15-13(18)16-11-6-1-2-7-12(11)17/h1-8,17H,(H2,15,16,18). The molecule has 0 aliphatic rings. The summed E-state index contributed by atoms with van der Waals surface area (Å²) in [6.45, 7) is 0. The average molecular weight is 310 g/mol. The predicted octanol–water partition coefficient (Wildman–Crippen LogP) is 2.69. The summed E-state index contributed by atoms with van der Waals surface area (Å²) >= 11 is 0. The molecule has 0 fully saturated rings. The number of benzene rings is 2. The number of hydrogen-bond acceptors (Lipinski definition) is 4. The number of nitrogens with one attached hydrogen (secondary N) is 2. The van der Waals surface area contributed by atoms with Crippen molar-refractivity contribution in [1.29, 1.82) is 0 Å². The zero-order valence-electron chi connectivity index (χ0n) is 10.6. The second-order valence-corrected chi connectivity index (χ2v) is 5.41. The number of phenols is 1. The van der Waals surface area contributed by atoms with Crippen molar-refractivity contribution >= 4 is 27.6 Å². The highest BCUT2D eigenvalue weighted by Gasteiger charge is 2.13. The Labute approximate surface area is 120 Å². The number of rotatable bonds is 3. The number of urea groups is 1. The van der Waals surface area contributed by atoms with Crippen LogP contribution in [0.4, 0.5) is 20.1 Å². The minimum atomic E-state index is -4.84. The van der Waals surface area contributed by atoms with Gasteiger partial charge in [0.25, 0.3) is 0 Å². The molecule has 3 N–H and O–H groups in total. The minimum Gasteiger partial charge on any atom is -0.506 e. The molecule has 0 radical (unpaired) electrons. The second kappa shape index (κ2) is 5.80. The molecule has 2 aromatic carbocycles. The van der Waals surface area contributed by atoms with Crippen molar-refractivity contribution < 1.29 is 22.2 Å². The van der Waals surface area contributed by atoms with Crippen LogP contribution in [-0.2, 0) is 10.2 Å². The van der Waals surface area contributed by atoms with E-state index in [0.717, 1.165) is 12.1 Å². The number of phenolic OH excluding ortho intramolecular Hbond substituents is 1. The summed E-state index contributed by atoms with van der Waals surface area (Å²) in [5.41, 5.74) is 0.283. The maximum atomic E-state index is 12.8. The second-order valence-electron chi connectivity index (χ2n) is 4.06. The molecule has 8 heteroatoms. The topological polar surface area (TPSA) is 95.5 Å². The van der Waals surface area contributed by atoms with Gasteiger partial charge in [0.1, 0.15) is 10.6 Å². The predicted molar refractivity (Wildman–Crippen MR) is 75.5 cm³/mol. The van der Waals surface area contributed by atoms with Gasteiger partial charge in [-0.2, -0.15) is 8.42 Å². The average Bonchev–Trinajstić information content (AvgIpc) is 2.41. The summed E-state index contributed by atoms with van der Waals surface area (Å²) in [6.07, 6.45) is 0. The van der Waals surface area contributed by atoms with Gasteiger partial charge in [-0.25, -0.2) is 4.79 Å². The molecule has 0 spiro atoms. The first-order valence-electron chi connectivity index (χ1n) is 5.77. The van der Waals surface area contributed by atoms with Gasteiger partial charge in [0.2, 0.25) is 0 Å². The first kappa shape index (κ1) is 14.8. The Morgan fingerprint density at radius 1 is 1.05 bits per heavy atom. The van der Waals surface area contributed by atoms with Crippen molar-refractivity contribution in [3.63, 3.8) is 0 Å². The quantitative estimate of drug-likeness (QED) is 0.600. The van der Waals surface area contributed by atoms with Crippen molar-refractivity contribution in [2.24, 2.45) is 0 Å². The van der Waals surface area contributed by atoms with Crippen LogP contribution in [0.15, 0.2) is 53.4 Å². The number of amides is 2. The number of anilines is 2. The fourth-order valence-corrected chi connectivity index (χ4v) is 2.10. The van der Waals surface area contributed by atoms with Crippen molar-refractivity contribution in [3.8, 4) is 5.75 Å². The molecule has 0 saturated heterocycles. The Balaban J connectivity index is 2.12. The molecule has 0 aromatic heterocycles. The third-order valence-corrected chi connectivity index (χ3v) is 3.34. The van der Waals surface area contributed by atoms with E-state index in [2.05, 4.69) is 10.6 Å². The molecule has 2 rings (SSSR count). The van der Waals surface area contributed by atoms with E-state index in [1.165, 1.54) is 24.3 Å². The highest BCUT2D eigenvalue weighted by molar-refractivity contribution is 7.86. The summed E-state index contributed by atoms with van der Waals surface area (Å²) < 4.78 is 34.4. The Kier molecular flexibility index (Phi) is 4.08. The van der Waals surface area contributed by atoms with Crippen molar-refractivity contribution in [2.45, 2.75) is 4.90 Å².